The number of alkyl halides is 3. The zero-order valence-corrected chi connectivity index (χ0v) is 21.0. The fourth-order valence-electron chi connectivity index (χ4n) is 6.76. The van der Waals surface area contributed by atoms with E-state index < -0.39 is 29.4 Å². The lowest BCUT2D eigenvalue weighted by molar-refractivity contribution is -0.137. The first kappa shape index (κ1) is 25.2. The van der Waals surface area contributed by atoms with Crippen molar-refractivity contribution in [3.8, 4) is 11.1 Å². The number of halogens is 4. The minimum absolute atomic E-state index is 0.0192. The Hall–Kier alpha value is -3.06. The Morgan fingerprint density at radius 2 is 1.61 bits per heavy atom. The van der Waals surface area contributed by atoms with Gasteiger partial charge in [-0.1, -0.05) is 43.5 Å². The zero-order chi connectivity index (χ0) is 26.7. The summed E-state index contributed by atoms with van der Waals surface area (Å²) in [7, 11) is 0. The van der Waals surface area contributed by atoms with Gasteiger partial charge in [0.25, 0.3) is 0 Å². The van der Waals surface area contributed by atoms with Gasteiger partial charge in [0.05, 0.1) is 22.9 Å². The summed E-state index contributed by atoms with van der Waals surface area (Å²) in [5, 5.41) is 11.5. The number of aliphatic hydroxyl groups excluding tert-OH is 1. The summed E-state index contributed by atoms with van der Waals surface area (Å²) in [6.07, 6.45) is 2.90. The van der Waals surface area contributed by atoms with Crippen LogP contribution in [0.4, 0.5) is 17.6 Å². The highest BCUT2D eigenvalue weighted by Crippen LogP contribution is 2.55. The average molecular weight is 524 g/mol. The zero-order valence-electron chi connectivity index (χ0n) is 21.0. The van der Waals surface area contributed by atoms with Crippen LogP contribution in [-0.2, 0) is 12.6 Å². The van der Waals surface area contributed by atoms with E-state index in [1.54, 1.807) is 12.1 Å². The van der Waals surface area contributed by atoms with Crippen molar-refractivity contribution < 1.29 is 27.5 Å². The van der Waals surface area contributed by atoms with Crippen molar-refractivity contribution in [3.05, 3.63) is 88.0 Å². The lowest BCUT2D eigenvalue weighted by Crippen LogP contribution is -2.38. The first-order valence-corrected chi connectivity index (χ1v) is 13.4. The van der Waals surface area contributed by atoms with Gasteiger partial charge in [0.15, 0.2) is 5.78 Å². The van der Waals surface area contributed by atoms with Crippen LogP contribution in [0.5, 0.6) is 0 Å². The Balaban J connectivity index is 1.59. The molecule has 198 valence electrons. The van der Waals surface area contributed by atoms with Crippen LogP contribution in [-0.4, -0.2) is 15.9 Å². The molecule has 3 aromatic rings. The molecule has 7 heteroatoms. The van der Waals surface area contributed by atoms with Crippen LogP contribution < -0.4 is 0 Å². The first-order chi connectivity index (χ1) is 18.2. The van der Waals surface area contributed by atoms with E-state index in [4.69, 9.17) is 4.98 Å². The molecule has 0 aliphatic heterocycles. The fraction of sp³-hybridized carbons (Fsp3) is 0.419. The molecule has 6 rings (SSSR count). The molecule has 0 radical (unpaired) electrons. The van der Waals surface area contributed by atoms with Crippen LogP contribution in [0.3, 0.4) is 0 Å². The highest BCUT2D eigenvalue weighted by atomic mass is 19.4. The molecule has 3 aliphatic rings. The fourth-order valence-corrected chi connectivity index (χ4v) is 6.76. The number of ketones is 1. The summed E-state index contributed by atoms with van der Waals surface area (Å²) in [6.45, 7) is 0. The Kier molecular flexibility index (Phi) is 6.17. The molecular weight excluding hydrogens is 494 g/mol. The van der Waals surface area contributed by atoms with E-state index in [0.29, 0.717) is 34.4 Å². The van der Waals surface area contributed by atoms with Crippen molar-refractivity contribution in [2.24, 2.45) is 5.41 Å². The van der Waals surface area contributed by atoms with E-state index in [9.17, 15) is 27.5 Å². The van der Waals surface area contributed by atoms with Crippen LogP contribution in [0.25, 0.3) is 11.1 Å². The van der Waals surface area contributed by atoms with E-state index in [-0.39, 0.29) is 16.9 Å². The van der Waals surface area contributed by atoms with Crippen LogP contribution in [0, 0.1) is 11.2 Å². The summed E-state index contributed by atoms with van der Waals surface area (Å²) in [4.78, 5) is 19.3. The van der Waals surface area contributed by atoms with E-state index in [2.05, 4.69) is 0 Å². The molecule has 0 amide bonds. The smallest absolute Gasteiger partial charge is 0.388 e. The van der Waals surface area contributed by atoms with Crippen LogP contribution in [0.15, 0.2) is 48.5 Å². The summed E-state index contributed by atoms with van der Waals surface area (Å²) >= 11 is 0. The molecule has 0 saturated heterocycles. The number of rotatable bonds is 4. The van der Waals surface area contributed by atoms with Gasteiger partial charge in [-0.25, -0.2) is 4.39 Å². The second-order valence-corrected chi connectivity index (χ2v) is 11.3. The minimum Gasteiger partial charge on any atom is -0.388 e. The summed E-state index contributed by atoms with van der Waals surface area (Å²) in [6, 6.07) is 10.1. The number of nitrogens with zero attached hydrogens (tertiary/aromatic N) is 1. The Morgan fingerprint density at radius 3 is 2.18 bits per heavy atom. The van der Waals surface area contributed by atoms with Gasteiger partial charge < -0.3 is 5.11 Å². The van der Waals surface area contributed by atoms with E-state index in [1.165, 1.54) is 24.3 Å². The molecule has 1 spiro atoms. The van der Waals surface area contributed by atoms with Gasteiger partial charge in [-0.3, -0.25) is 9.78 Å². The third kappa shape index (κ3) is 4.35. The van der Waals surface area contributed by atoms with Gasteiger partial charge in [-0.05, 0) is 73.8 Å². The Labute approximate surface area is 218 Å². The lowest BCUT2D eigenvalue weighted by atomic mass is 9.59. The third-order valence-electron chi connectivity index (χ3n) is 8.83. The van der Waals surface area contributed by atoms with Crippen molar-refractivity contribution in [2.45, 2.75) is 76.0 Å². The third-order valence-corrected chi connectivity index (χ3v) is 8.83. The summed E-state index contributed by atoms with van der Waals surface area (Å²) in [5.41, 5.74) is 2.86. The number of fused-ring (bicyclic) bond motifs is 1. The average Bonchev–Trinajstić information content (AvgIpc) is 3.41. The quantitative estimate of drug-likeness (QED) is 0.279. The number of aliphatic hydroxyl groups is 1. The van der Waals surface area contributed by atoms with Crippen molar-refractivity contribution in [3.63, 3.8) is 0 Å². The maximum Gasteiger partial charge on any atom is 0.416 e. The van der Waals surface area contributed by atoms with E-state index in [0.717, 1.165) is 69.2 Å². The van der Waals surface area contributed by atoms with Crippen molar-refractivity contribution in [1.29, 1.82) is 0 Å². The summed E-state index contributed by atoms with van der Waals surface area (Å²) in [5.74, 6) is -0.798. The molecule has 3 aliphatic carbocycles. The molecule has 2 aromatic carbocycles. The normalized spacial score (nSPS) is 20.8. The predicted octanol–water partition coefficient (Wildman–Crippen LogP) is 7.95. The van der Waals surface area contributed by atoms with Gasteiger partial charge in [0.1, 0.15) is 5.82 Å². The number of aromatic nitrogens is 1. The molecule has 0 bridgehead atoms. The maximum atomic E-state index is 14.2. The van der Waals surface area contributed by atoms with Crippen LogP contribution in [0.1, 0.15) is 102 Å². The number of carbonyl (C=O) groups excluding carboxylic acids is 1. The minimum atomic E-state index is -4.51. The lowest BCUT2D eigenvalue weighted by Gasteiger charge is -2.47. The van der Waals surface area contributed by atoms with Gasteiger partial charge in [0.2, 0.25) is 0 Å². The van der Waals surface area contributed by atoms with Crippen molar-refractivity contribution in [1.82, 2.24) is 4.98 Å². The highest BCUT2D eigenvalue weighted by molar-refractivity contribution is 6.14. The van der Waals surface area contributed by atoms with Gasteiger partial charge >= 0.3 is 6.18 Å². The molecule has 3 nitrogen and oxygen atoms in total. The van der Waals surface area contributed by atoms with Crippen LogP contribution in [0.2, 0.25) is 0 Å². The molecule has 1 N–H and O–H groups in total. The van der Waals surface area contributed by atoms with E-state index in [1.807, 2.05) is 0 Å². The Bertz CT molecular complexity index is 1370. The molecule has 1 aromatic heterocycles. The monoisotopic (exact) mass is 523 g/mol. The van der Waals surface area contributed by atoms with Gasteiger partial charge in [0, 0.05) is 28.3 Å². The number of carbonyl (C=O) groups is 1. The first-order valence-electron chi connectivity index (χ1n) is 13.4. The van der Waals surface area contributed by atoms with Crippen LogP contribution >= 0.6 is 0 Å². The van der Waals surface area contributed by atoms with E-state index >= 15 is 0 Å². The molecule has 2 fully saturated rings. The van der Waals surface area contributed by atoms with Crippen molar-refractivity contribution >= 4 is 5.78 Å². The number of hydrogen-bond donors (Lipinski definition) is 1. The SMILES string of the molecule is O=C(c1ccc(C(F)(F)F)cc1)c1c(C2CCCC2)nc2c(c1-c1ccc(F)cc1)[C@@H](O)CC1(CCC1)C2. The maximum absolute atomic E-state index is 14.2. The molecule has 2 saturated carbocycles. The second kappa shape index (κ2) is 9.30. The second-order valence-electron chi connectivity index (χ2n) is 11.3. The highest BCUT2D eigenvalue weighted by Gasteiger charge is 2.46. The molecular formula is C31H29F4NO2. The molecule has 1 heterocycles. The van der Waals surface area contributed by atoms with Crippen molar-refractivity contribution in [2.75, 3.05) is 0 Å². The molecule has 0 unspecified atom stereocenters. The van der Waals surface area contributed by atoms with Gasteiger partial charge in [-0.2, -0.15) is 13.2 Å². The molecule has 1 atom stereocenters. The Morgan fingerprint density at radius 1 is 0.947 bits per heavy atom. The number of benzene rings is 2. The number of pyridine rings is 1. The standard InChI is InChI=1S/C31H29F4NO2/c32-22-12-8-18(9-13-22)25-26-23(16-30(14-3-15-30)17-24(26)37)36-28(19-4-1-2-5-19)27(25)29(38)20-6-10-21(11-7-20)31(33,34)35/h6-13,19,24,37H,1-5,14-17H2/t24-/m0/s1. The topological polar surface area (TPSA) is 50.2 Å². The predicted molar refractivity (Wildman–Crippen MR) is 135 cm³/mol. The summed E-state index contributed by atoms with van der Waals surface area (Å²) < 4.78 is 53.6. The molecule has 38 heavy (non-hydrogen) atoms. The largest absolute Gasteiger partial charge is 0.416 e. The number of hydrogen-bond acceptors (Lipinski definition) is 3. The van der Waals surface area contributed by atoms with Gasteiger partial charge in [-0.15, -0.1) is 0 Å².